The zero-order valence-corrected chi connectivity index (χ0v) is 10.3. The first-order valence-corrected chi connectivity index (χ1v) is 6.34. The number of amides is 1. The predicted molar refractivity (Wildman–Crippen MR) is 65.5 cm³/mol. The molecule has 0 aliphatic rings. The normalized spacial score (nSPS) is 14.4. The van der Waals surface area contributed by atoms with E-state index in [0.29, 0.717) is 15.6 Å². The van der Waals surface area contributed by atoms with Gasteiger partial charge in [-0.15, -0.1) is 0 Å². The zero-order chi connectivity index (χ0) is 12.3. The monoisotopic (exact) mass is 260 g/mol. The van der Waals surface area contributed by atoms with E-state index in [1.807, 2.05) is 0 Å². The number of hydrogen-bond donors (Lipinski definition) is 2. The Hall–Kier alpha value is -1.07. The number of carbonyl (C=O) groups is 1. The molecule has 0 aromatic heterocycles. The molecule has 0 heterocycles. The lowest BCUT2D eigenvalue weighted by molar-refractivity contribution is -0.120. The summed E-state index contributed by atoms with van der Waals surface area (Å²) in [7, 11) is -1.34. The van der Waals surface area contributed by atoms with Crippen molar-refractivity contribution < 1.29 is 9.00 Å². The number of rotatable bonds is 4. The molecular formula is C10H13ClN2O2S. The highest BCUT2D eigenvalue weighted by atomic mass is 35.5. The number of benzene rings is 1. The summed E-state index contributed by atoms with van der Waals surface area (Å²) in [4.78, 5) is 11.3. The van der Waals surface area contributed by atoms with Crippen LogP contribution in [0, 0.1) is 5.92 Å². The molecule has 0 saturated heterocycles. The minimum absolute atomic E-state index is 0.168. The van der Waals surface area contributed by atoms with Gasteiger partial charge in [-0.25, -0.2) is 0 Å². The maximum absolute atomic E-state index is 11.9. The highest BCUT2D eigenvalue weighted by Crippen LogP contribution is 2.22. The molecule has 0 aliphatic carbocycles. The van der Waals surface area contributed by atoms with Crippen LogP contribution in [0.1, 0.15) is 6.92 Å². The van der Waals surface area contributed by atoms with Gasteiger partial charge < -0.3 is 11.5 Å². The van der Waals surface area contributed by atoms with E-state index in [1.165, 1.54) is 6.07 Å². The van der Waals surface area contributed by atoms with Crippen LogP contribution in [-0.4, -0.2) is 15.9 Å². The van der Waals surface area contributed by atoms with Crippen LogP contribution in [0.25, 0.3) is 0 Å². The van der Waals surface area contributed by atoms with Crippen molar-refractivity contribution in [3.8, 4) is 0 Å². The lowest BCUT2D eigenvalue weighted by Gasteiger charge is -2.09. The quantitative estimate of drug-likeness (QED) is 0.797. The average molecular weight is 261 g/mol. The summed E-state index contributed by atoms with van der Waals surface area (Å²) in [6.45, 7) is 1.63. The molecule has 4 N–H and O–H groups in total. The molecule has 16 heavy (non-hydrogen) atoms. The maximum Gasteiger partial charge on any atom is 0.221 e. The summed E-state index contributed by atoms with van der Waals surface area (Å²) in [6, 6.07) is 4.74. The summed E-state index contributed by atoms with van der Waals surface area (Å²) >= 11 is 5.72. The van der Waals surface area contributed by atoms with Crippen molar-refractivity contribution in [1.82, 2.24) is 0 Å². The average Bonchev–Trinajstić information content (AvgIpc) is 2.16. The minimum atomic E-state index is -1.34. The third-order valence-corrected chi connectivity index (χ3v) is 4.00. The summed E-state index contributed by atoms with van der Waals surface area (Å²) in [5.41, 5.74) is 11.1. The number of halogens is 1. The Kier molecular flexibility index (Phi) is 4.32. The Bertz CT molecular complexity index is 437. The minimum Gasteiger partial charge on any atom is -0.398 e. The van der Waals surface area contributed by atoms with Gasteiger partial charge in [0.25, 0.3) is 0 Å². The SMILES string of the molecule is CC(CS(=O)c1ccc(Cl)cc1N)C(N)=O. The molecule has 1 aromatic rings. The highest BCUT2D eigenvalue weighted by molar-refractivity contribution is 7.85. The van der Waals surface area contributed by atoms with Crippen LogP contribution in [0.4, 0.5) is 5.69 Å². The van der Waals surface area contributed by atoms with Crippen LogP contribution in [0.5, 0.6) is 0 Å². The number of nitrogen functional groups attached to an aromatic ring is 1. The van der Waals surface area contributed by atoms with Crippen molar-refractivity contribution in [2.24, 2.45) is 11.7 Å². The standard InChI is InChI=1S/C10H13ClN2O2S/c1-6(10(13)14)5-16(15)9-3-2-7(11)4-8(9)12/h2-4,6H,5,12H2,1H3,(H2,13,14). The van der Waals surface area contributed by atoms with Crippen LogP contribution >= 0.6 is 11.6 Å². The first-order valence-electron chi connectivity index (χ1n) is 4.64. The first-order chi connectivity index (χ1) is 7.41. The molecule has 0 bridgehead atoms. The molecule has 6 heteroatoms. The lowest BCUT2D eigenvalue weighted by atomic mass is 10.2. The van der Waals surface area contributed by atoms with Crippen LogP contribution < -0.4 is 11.5 Å². The zero-order valence-electron chi connectivity index (χ0n) is 8.77. The molecule has 0 aliphatic heterocycles. The van der Waals surface area contributed by atoms with E-state index >= 15 is 0 Å². The molecule has 0 radical (unpaired) electrons. The van der Waals surface area contributed by atoms with Gasteiger partial charge in [0, 0.05) is 22.4 Å². The fraction of sp³-hybridized carbons (Fsp3) is 0.300. The van der Waals surface area contributed by atoms with E-state index in [2.05, 4.69) is 0 Å². The molecule has 1 rings (SSSR count). The van der Waals surface area contributed by atoms with E-state index in [0.717, 1.165) is 0 Å². The van der Waals surface area contributed by atoms with Crippen molar-refractivity contribution in [1.29, 1.82) is 0 Å². The topological polar surface area (TPSA) is 86.2 Å². The number of anilines is 1. The molecule has 4 nitrogen and oxygen atoms in total. The van der Waals surface area contributed by atoms with Gasteiger partial charge in [0.05, 0.1) is 15.7 Å². The fourth-order valence-corrected chi connectivity index (χ4v) is 2.65. The van der Waals surface area contributed by atoms with Crippen LogP contribution in [0.3, 0.4) is 0 Å². The molecule has 2 unspecified atom stereocenters. The Balaban J connectivity index is 2.85. The summed E-state index contributed by atoms with van der Waals surface area (Å²) in [5, 5.41) is 0.487. The van der Waals surface area contributed by atoms with Gasteiger partial charge in [0.1, 0.15) is 0 Å². The first kappa shape index (κ1) is 13.0. The summed E-state index contributed by atoms with van der Waals surface area (Å²) < 4.78 is 11.9. The van der Waals surface area contributed by atoms with Crippen molar-refractivity contribution in [2.45, 2.75) is 11.8 Å². The van der Waals surface area contributed by atoms with Gasteiger partial charge in [-0.3, -0.25) is 9.00 Å². The Labute approximate surface area is 101 Å². The molecule has 1 aromatic carbocycles. The van der Waals surface area contributed by atoms with E-state index < -0.39 is 22.6 Å². The van der Waals surface area contributed by atoms with Crippen molar-refractivity contribution in [2.75, 3.05) is 11.5 Å². The molecular weight excluding hydrogens is 248 g/mol. The number of carbonyl (C=O) groups excluding carboxylic acids is 1. The van der Waals surface area contributed by atoms with Crippen LogP contribution in [0.15, 0.2) is 23.1 Å². The lowest BCUT2D eigenvalue weighted by Crippen LogP contribution is -2.25. The summed E-state index contributed by atoms with van der Waals surface area (Å²) in [5.74, 6) is -0.752. The number of hydrogen-bond acceptors (Lipinski definition) is 3. The fourth-order valence-electron chi connectivity index (χ4n) is 1.13. The van der Waals surface area contributed by atoms with Crippen molar-refractivity contribution in [3.05, 3.63) is 23.2 Å². The Morgan fingerprint density at radius 2 is 2.19 bits per heavy atom. The molecule has 0 saturated carbocycles. The van der Waals surface area contributed by atoms with Gasteiger partial charge in [-0.1, -0.05) is 18.5 Å². The largest absolute Gasteiger partial charge is 0.398 e. The van der Waals surface area contributed by atoms with Gasteiger partial charge >= 0.3 is 0 Å². The molecule has 0 fully saturated rings. The third kappa shape index (κ3) is 3.21. The van der Waals surface area contributed by atoms with E-state index in [1.54, 1.807) is 19.1 Å². The summed E-state index contributed by atoms with van der Waals surface area (Å²) in [6.07, 6.45) is 0. The molecule has 1 amide bonds. The van der Waals surface area contributed by atoms with Crippen molar-refractivity contribution in [3.63, 3.8) is 0 Å². The Morgan fingerprint density at radius 1 is 1.56 bits per heavy atom. The van der Waals surface area contributed by atoms with Gasteiger partial charge in [-0.2, -0.15) is 0 Å². The molecule has 0 spiro atoms. The maximum atomic E-state index is 11.9. The second-order valence-electron chi connectivity index (χ2n) is 3.50. The number of nitrogens with two attached hydrogens (primary N) is 2. The van der Waals surface area contributed by atoms with Gasteiger partial charge in [0.2, 0.25) is 5.91 Å². The Morgan fingerprint density at radius 3 is 2.69 bits per heavy atom. The van der Waals surface area contributed by atoms with E-state index in [-0.39, 0.29) is 5.75 Å². The number of primary amides is 1. The second-order valence-corrected chi connectivity index (χ2v) is 5.40. The smallest absolute Gasteiger partial charge is 0.221 e. The molecule has 88 valence electrons. The van der Waals surface area contributed by atoms with Crippen LogP contribution in [0.2, 0.25) is 5.02 Å². The molecule has 2 atom stereocenters. The third-order valence-electron chi connectivity index (χ3n) is 2.10. The van der Waals surface area contributed by atoms with Gasteiger partial charge in [-0.05, 0) is 18.2 Å². The second kappa shape index (κ2) is 5.32. The highest BCUT2D eigenvalue weighted by Gasteiger charge is 2.16. The van der Waals surface area contributed by atoms with E-state index in [9.17, 15) is 9.00 Å². The van der Waals surface area contributed by atoms with Gasteiger partial charge in [0.15, 0.2) is 0 Å². The van der Waals surface area contributed by atoms with Crippen molar-refractivity contribution >= 4 is 34.0 Å². The van der Waals surface area contributed by atoms with Crippen LogP contribution in [-0.2, 0) is 15.6 Å². The van der Waals surface area contributed by atoms with E-state index in [4.69, 9.17) is 23.1 Å². The predicted octanol–water partition coefficient (Wildman–Crippen LogP) is 1.15.